The lowest BCUT2D eigenvalue weighted by atomic mass is 10.2. The summed E-state index contributed by atoms with van der Waals surface area (Å²) in [6.45, 7) is 5.61. The van der Waals surface area contributed by atoms with Crippen molar-refractivity contribution in [3.05, 3.63) is 83.8 Å². The fourth-order valence-corrected chi connectivity index (χ4v) is 3.95. The number of carbonyl (C=O) groups excluding carboxylic acids is 2. The first kappa shape index (κ1) is 21.6. The van der Waals surface area contributed by atoms with Crippen LogP contribution in [0.5, 0.6) is 0 Å². The van der Waals surface area contributed by atoms with E-state index in [1.165, 1.54) is 0 Å². The molecule has 0 radical (unpaired) electrons. The van der Waals surface area contributed by atoms with Crippen molar-refractivity contribution in [1.82, 2.24) is 14.5 Å². The second-order valence-electron chi connectivity index (χ2n) is 7.77. The molecule has 0 N–H and O–H groups in total. The summed E-state index contributed by atoms with van der Waals surface area (Å²) in [5.41, 5.74) is 2.32. The van der Waals surface area contributed by atoms with Crippen LogP contribution in [0.1, 0.15) is 39.8 Å². The van der Waals surface area contributed by atoms with Gasteiger partial charge in [0.25, 0.3) is 5.91 Å². The van der Waals surface area contributed by atoms with Crippen LogP contribution in [0.3, 0.4) is 0 Å². The van der Waals surface area contributed by atoms with Crippen LogP contribution in [0.4, 0.5) is 5.82 Å². The average Bonchev–Trinajstić information content (AvgIpc) is 3.13. The number of rotatable bonds is 6. The van der Waals surface area contributed by atoms with E-state index < -0.39 is 0 Å². The number of amides is 1. The van der Waals surface area contributed by atoms with Gasteiger partial charge in [0.05, 0.1) is 12.2 Å². The molecule has 0 saturated carbocycles. The Morgan fingerprint density at radius 1 is 0.969 bits per heavy atom. The highest BCUT2D eigenvalue weighted by Gasteiger charge is 2.23. The van der Waals surface area contributed by atoms with Gasteiger partial charge >= 0.3 is 5.97 Å². The molecule has 2 aromatic heterocycles. The molecular formula is C25H28N4O3. The van der Waals surface area contributed by atoms with Crippen molar-refractivity contribution in [2.45, 2.75) is 19.9 Å². The lowest BCUT2D eigenvalue weighted by molar-refractivity contribution is 0.0525. The SMILES string of the molecule is CCOC(=O)c1ccc(N2CCCN(C(=O)c3cccn3Cc3ccccc3)CC2)nc1. The van der Waals surface area contributed by atoms with Crippen molar-refractivity contribution in [3.63, 3.8) is 0 Å². The minimum absolute atomic E-state index is 0.0541. The molecule has 4 rings (SSSR count). The van der Waals surface area contributed by atoms with Crippen molar-refractivity contribution in [1.29, 1.82) is 0 Å². The highest BCUT2D eigenvalue weighted by molar-refractivity contribution is 5.93. The zero-order chi connectivity index (χ0) is 22.3. The van der Waals surface area contributed by atoms with Gasteiger partial charge in [-0.25, -0.2) is 9.78 Å². The molecule has 1 aromatic carbocycles. The molecule has 7 heteroatoms. The highest BCUT2D eigenvalue weighted by atomic mass is 16.5. The smallest absolute Gasteiger partial charge is 0.339 e. The van der Waals surface area contributed by atoms with E-state index >= 15 is 0 Å². The van der Waals surface area contributed by atoms with Gasteiger partial charge < -0.3 is 19.1 Å². The number of hydrogen-bond acceptors (Lipinski definition) is 5. The molecule has 1 saturated heterocycles. The molecule has 0 atom stereocenters. The minimum Gasteiger partial charge on any atom is -0.462 e. The van der Waals surface area contributed by atoms with E-state index in [1.54, 1.807) is 19.2 Å². The Morgan fingerprint density at radius 3 is 2.56 bits per heavy atom. The third-order valence-electron chi connectivity index (χ3n) is 5.61. The Morgan fingerprint density at radius 2 is 1.81 bits per heavy atom. The van der Waals surface area contributed by atoms with Gasteiger partial charge in [0, 0.05) is 45.1 Å². The van der Waals surface area contributed by atoms with Gasteiger partial charge in [-0.05, 0) is 43.2 Å². The summed E-state index contributed by atoms with van der Waals surface area (Å²) in [5, 5.41) is 0. The van der Waals surface area contributed by atoms with Crippen LogP contribution in [0.15, 0.2) is 67.0 Å². The van der Waals surface area contributed by atoms with Crippen LogP contribution in [-0.4, -0.2) is 59.1 Å². The second-order valence-corrected chi connectivity index (χ2v) is 7.77. The first-order valence-corrected chi connectivity index (χ1v) is 11.0. The van der Waals surface area contributed by atoms with Gasteiger partial charge in [-0.2, -0.15) is 0 Å². The summed E-state index contributed by atoms with van der Waals surface area (Å²) in [5.74, 6) is 0.496. The van der Waals surface area contributed by atoms with E-state index in [0.717, 1.165) is 24.3 Å². The molecule has 0 bridgehead atoms. The summed E-state index contributed by atoms with van der Waals surface area (Å²) in [4.78, 5) is 33.6. The Bertz CT molecular complexity index is 1050. The fourth-order valence-electron chi connectivity index (χ4n) is 3.95. The molecule has 0 unspecified atom stereocenters. The van der Waals surface area contributed by atoms with Crippen LogP contribution in [-0.2, 0) is 11.3 Å². The molecular weight excluding hydrogens is 404 g/mol. The van der Waals surface area contributed by atoms with E-state index in [0.29, 0.717) is 44.0 Å². The van der Waals surface area contributed by atoms with Crippen LogP contribution < -0.4 is 4.90 Å². The van der Waals surface area contributed by atoms with Gasteiger partial charge in [0.2, 0.25) is 0 Å². The molecule has 0 spiro atoms. The van der Waals surface area contributed by atoms with E-state index in [1.807, 2.05) is 52.1 Å². The molecule has 3 heterocycles. The number of anilines is 1. The van der Waals surface area contributed by atoms with E-state index in [9.17, 15) is 9.59 Å². The molecule has 1 amide bonds. The Labute approximate surface area is 188 Å². The molecule has 166 valence electrons. The van der Waals surface area contributed by atoms with Crippen molar-refractivity contribution in [3.8, 4) is 0 Å². The van der Waals surface area contributed by atoms with E-state index in [-0.39, 0.29) is 11.9 Å². The zero-order valence-electron chi connectivity index (χ0n) is 18.3. The van der Waals surface area contributed by atoms with Crippen LogP contribution in [0.25, 0.3) is 0 Å². The summed E-state index contributed by atoms with van der Waals surface area (Å²) >= 11 is 0. The second kappa shape index (κ2) is 10.1. The normalized spacial score (nSPS) is 14.2. The molecule has 1 fully saturated rings. The Hall–Kier alpha value is -3.61. The van der Waals surface area contributed by atoms with Crippen LogP contribution in [0.2, 0.25) is 0 Å². The maximum atomic E-state index is 13.3. The monoisotopic (exact) mass is 432 g/mol. The first-order valence-electron chi connectivity index (χ1n) is 11.0. The molecule has 3 aromatic rings. The highest BCUT2D eigenvalue weighted by Crippen LogP contribution is 2.17. The third kappa shape index (κ3) is 4.99. The fraction of sp³-hybridized carbons (Fsp3) is 0.320. The number of hydrogen-bond donors (Lipinski definition) is 0. The van der Waals surface area contributed by atoms with Gasteiger partial charge in [0.1, 0.15) is 11.5 Å². The van der Waals surface area contributed by atoms with Crippen molar-refractivity contribution in [2.24, 2.45) is 0 Å². The van der Waals surface area contributed by atoms with Gasteiger partial charge in [-0.1, -0.05) is 30.3 Å². The van der Waals surface area contributed by atoms with E-state index in [2.05, 4.69) is 22.0 Å². The molecule has 1 aliphatic rings. The number of ether oxygens (including phenoxy) is 1. The summed E-state index contributed by atoms with van der Waals surface area (Å²) in [6.07, 6.45) is 4.36. The molecule has 32 heavy (non-hydrogen) atoms. The molecule has 7 nitrogen and oxygen atoms in total. The van der Waals surface area contributed by atoms with Crippen LogP contribution in [0, 0.1) is 0 Å². The van der Waals surface area contributed by atoms with Crippen molar-refractivity contribution < 1.29 is 14.3 Å². The number of esters is 1. The number of aromatic nitrogens is 2. The van der Waals surface area contributed by atoms with Gasteiger partial charge in [0.15, 0.2) is 0 Å². The zero-order valence-corrected chi connectivity index (χ0v) is 18.3. The molecule has 0 aliphatic carbocycles. The van der Waals surface area contributed by atoms with Gasteiger partial charge in [-0.3, -0.25) is 4.79 Å². The van der Waals surface area contributed by atoms with Gasteiger partial charge in [-0.15, -0.1) is 0 Å². The minimum atomic E-state index is -0.363. The summed E-state index contributed by atoms with van der Waals surface area (Å²) < 4.78 is 7.03. The first-order chi connectivity index (χ1) is 15.7. The Balaban J connectivity index is 1.40. The number of benzene rings is 1. The average molecular weight is 433 g/mol. The van der Waals surface area contributed by atoms with Crippen molar-refractivity contribution in [2.75, 3.05) is 37.7 Å². The third-order valence-corrected chi connectivity index (χ3v) is 5.61. The topological polar surface area (TPSA) is 67.7 Å². The maximum Gasteiger partial charge on any atom is 0.339 e. The predicted octanol–water partition coefficient (Wildman–Crippen LogP) is 3.46. The summed E-state index contributed by atoms with van der Waals surface area (Å²) in [7, 11) is 0. The largest absolute Gasteiger partial charge is 0.462 e. The van der Waals surface area contributed by atoms with Crippen molar-refractivity contribution >= 4 is 17.7 Å². The number of nitrogens with zero attached hydrogens (tertiary/aromatic N) is 4. The Kier molecular flexibility index (Phi) is 6.84. The quantitative estimate of drug-likeness (QED) is 0.558. The summed E-state index contributed by atoms with van der Waals surface area (Å²) in [6, 6.07) is 17.6. The lowest BCUT2D eigenvalue weighted by Gasteiger charge is -2.23. The standard InChI is InChI=1S/C25H28N4O3/c1-2-32-25(31)21-11-12-23(26-18-21)27-14-7-15-28(17-16-27)24(30)22-10-6-13-29(22)19-20-8-4-3-5-9-20/h3-6,8-13,18H,2,7,14-17,19H2,1H3. The van der Waals surface area contributed by atoms with E-state index in [4.69, 9.17) is 4.74 Å². The lowest BCUT2D eigenvalue weighted by Crippen LogP contribution is -2.36. The number of pyridine rings is 1. The molecule has 1 aliphatic heterocycles. The predicted molar refractivity (Wildman–Crippen MR) is 123 cm³/mol. The van der Waals surface area contributed by atoms with Crippen LogP contribution >= 0.6 is 0 Å². The number of carbonyl (C=O) groups is 2. The maximum absolute atomic E-state index is 13.3.